The standard InChI is InChI=1S/C14H16N6O/c1-2-11(21)9-20-14(12-8-15-19-17-12)16-13(18-20)10-6-4-3-5-7-10/h3-8,11,21H,2,9H2,1H3,(H,15,17,19). The average Bonchev–Trinajstić information content (AvgIpc) is 3.17. The van der Waals surface area contributed by atoms with Crippen LogP contribution in [0.2, 0.25) is 0 Å². The van der Waals surface area contributed by atoms with Crippen molar-refractivity contribution in [1.82, 2.24) is 30.2 Å². The highest BCUT2D eigenvalue weighted by molar-refractivity contribution is 5.58. The average molecular weight is 284 g/mol. The lowest BCUT2D eigenvalue weighted by Gasteiger charge is -2.08. The molecule has 0 fully saturated rings. The van der Waals surface area contributed by atoms with Crippen molar-refractivity contribution in [1.29, 1.82) is 0 Å². The summed E-state index contributed by atoms with van der Waals surface area (Å²) >= 11 is 0. The van der Waals surface area contributed by atoms with Crippen LogP contribution in [-0.2, 0) is 6.54 Å². The Hall–Kier alpha value is -2.54. The van der Waals surface area contributed by atoms with E-state index in [9.17, 15) is 5.11 Å². The molecule has 7 nitrogen and oxygen atoms in total. The van der Waals surface area contributed by atoms with Gasteiger partial charge in [-0.05, 0) is 6.42 Å². The van der Waals surface area contributed by atoms with Gasteiger partial charge >= 0.3 is 0 Å². The molecular formula is C14H16N6O. The van der Waals surface area contributed by atoms with E-state index in [0.29, 0.717) is 30.3 Å². The fraction of sp³-hybridized carbons (Fsp3) is 0.286. The number of aliphatic hydroxyl groups excluding tert-OH is 1. The van der Waals surface area contributed by atoms with Crippen LogP contribution in [0.3, 0.4) is 0 Å². The Morgan fingerprint density at radius 2 is 2.10 bits per heavy atom. The molecule has 1 unspecified atom stereocenters. The van der Waals surface area contributed by atoms with Gasteiger partial charge in [0, 0.05) is 5.56 Å². The molecule has 7 heteroatoms. The maximum atomic E-state index is 9.88. The number of nitrogens with one attached hydrogen (secondary N) is 1. The van der Waals surface area contributed by atoms with Crippen molar-refractivity contribution >= 4 is 0 Å². The van der Waals surface area contributed by atoms with Gasteiger partial charge in [0.25, 0.3) is 0 Å². The van der Waals surface area contributed by atoms with E-state index in [1.54, 1.807) is 10.9 Å². The van der Waals surface area contributed by atoms with E-state index in [-0.39, 0.29) is 0 Å². The van der Waals surface area contributed by atoms with Gasteiger partial charge in [0.2, 0.25) is 0 Å². The van der Waals surface area contributed by atoms with E-state index in [1.165, 1.54) is 0 Å². The third-order valence-electron chi connectivity index (χ3n) is 3.20. The monoisotopic (exact) mass is 284 g/mol. The fourth-order valence-corrected chi connectivity index (χ4v) is 2.01. The third kappa shape index (κ3) is 2.82. The molecule has 2 N–H and O–H groups in total. The highest BCUT2D eigenvalue weighted by Gasteiger charge is 2.17. The lowest BCUT2D eigenvalue weighted by Crippen LogP contribution is -2.16. The first-order chi connectivity index (χ1) is 10.3. The molecule has 0 aliphatic carbocycles. The molecule has 0 amide bonds. The summed E-state index contributed by atoms with van der Waals surface area (Å²) in [6, 6.07) is 9.71. The number of hydrogen-bond donors (Lipinski definition) is 2. The summed E-state index contributed by atoms with van der Waals surface area (Å²) in [7, 11) is 0. The Labute approximate surface area is 121 Å². The molecule has 0 radical (unpaired) electrons. The zero-order chi connectivity index (χ0) is 14.7. The van der Waals surface area contributed by atoms with Crippen molar-refractivity contribution in [3.63, 3.8) is 0 Å². The van der Waals surface area contributed by atoms with Gasteiger partial charge in [0.05, 0.1) is 18.8 Å². The zero-order valence-electron chi connectivity index (χ0n) is 11.6. The Morgan fingerprint density at radius 1 is 1.29 bits per heavy atom. The van der Waals surface area contributed by atoms with Crippen LogP contribution < -0.4 is 0 Å². The summed E-state index contributed by atoms with van der Waals surface area (Å²) in [5.41, 5.74) is 1.53. The number of benzene rings is 1. The molecular weight excluding hydrogens is 268 g/mol. The topological polar surface area (TPSA) is 92.5 Å². The van der Waals surface area contributed by atoms with Crippen LogP contribution >= 0.6 is 0 Å². The summed E-state index contributed by atoms with van der Waals surface area (Å²) in [5.74, 6) is 1.20. The Balaban J connectivity index is 2.03. The normalized spacial score (nSPS) is 12.5. The molecule has 1 aromatic carbocycles. The van der Waals surface area contributed by atoms with E-state index in [2.05, 4.69) is 25.5 Å². The summed E-state index contributed by atoms with van der Waals surface area (Å²) in [4.78, 5) is 4.53. The van der Waals surface area contributed by atoms with E-state index in [0.717, 1.165) is 5.56 Å². The quantitative estimate of drug-likeness (QED) is 0.740. The molecule has 1 atom stereocenters. The molecule has 0 aliphatic heterocycles. The molecule has 0 saturated heterocycles. The van der Waals surface area contributed by atoms with Crippen molar-refractivity contribution in [2.45, 2.75) is 26.0 Å². The Morgan fingerprint density at radius 3 is 2.76 bits per heavy atom. The second kappa shape index (κ2) is 5.84. The van der Waals surface area contributed by atoms with Gasteiger partial charge < -0.3 is 5.11 Å². The zero-order valence-corrected chi connectivity index (χ0v) is 11.6. The number of nitrogens with zero attached hydrogens (tertiary/aromatic N) is 5. The summed E-state index contributed by atoms with van der Waals surface area (Å²) in [6.07, 6.45) is 1.77. The second-order valence-electron chi connectivity index (χ2n) is 4.72. The van der Waals surface area contributed by atoms with Gasteiger partial charge in [-0.25, -0.2) is 9.67 Å². The van der Waals surface area contributed by atoms with Crippen molar-refractivity contribution < 1.29 is 5.11 Å². The maximum absolute atomic E-state index is 9.88. The highest BCUT2D eigenvalue weighted by atomic mass is 16.3. The largest absolute Gasteiger partial charge is 0.391 e. The lowest BCUT2D eigenvalue weighted by atomic mass is 10.2. The first-order valence-corrected chi connectivity index (χ1v) is 6.82. The smallest absolute Gasteiger partial charge is 0.181 e. The molecule has 21 heavy (non-hydrogen) atoms. The molecule has 2 heterocycles. The number of hydrogen-bond acceptors (Lipinski definition) is 5. The SMILES string of the molecule is CCC(O)Cn1nc(-c2ccccc2)nc1-c1cn[nH]n1. The van der Waals surface area contributed by atoms with Crippen molar-refractivity contribution in [2.75, 3.05) is 0 Å². The van der Waals surface area contributed by atoms with Crippen LogP contribution in [-0.4, -0.2) is 41.4 Å². The van der Waals surface area contributed by atoms with Gasteiger partial charge in [-0.3, -0.25) is 0 Å². The summed E-state index contributed by atoms with van der Waals surface area (Å²) < 4.78 is 1.67. The van der Waals surface area contributed by atoms with Gasteiger partial charge in [0.1, 0.15) is 5.69 Å². The van der Waals surface area contributed by atoms with Crippen LogP contribution in [0.25, 0.3) is 22.9 Å². The predicted molar refractivity (Wildman–Crippen MR) is 77.1 cm³/mol. The lowest BCUT2D eigenvalue weighted by molar-refractivity contribution is 0.146. The maximum Gasteiger partial charge on any atom is 0.181 e. The van der Waals surface area contributed by atoms with E-state index < -0.39 is 6.10 Å². The van der Waals surface area contributed by atoms with E-state index >= 15 is 0 Å². The molecule has 3 aromatic rings. The van der Waals surface area contributed by atoms with Crippen molar-refractivity contribution in [3.8, 4) is 22.9 Å². The third-order valence-corrected chi connectivity index (χ3v) is 3.20. The van der Waals surface area contributed by atoms with Crippen LogP contribution in [0.5, 0.6) is 0 Å². The van der Waals surface area contributed by atoms with Gasteiger partial charge in [-0.2, -0.15) is 20.5 Å². The molecule has 2 aromatic heterocycles. The van der Waals surface area contributed by atoms with Crippen molar-refractivity contribution in [3.05, 3.63) is 36.5 Å². The molecule has 0 spiro atoms. The van der Waals surface area contributed by atoms with Crippen LogP contribution in [0.1, 0.15) is 13.3 Å². The molecule has 0 saturated carbocycles. The number of rotatable bonds is 5. The summed E-state index contributed by atoms with van der Waals surface area (Å²) in [5, 5.41) is 24.8. The molecule has 0 aliphatic rings. The fourth-order valence-electron chi connectivity index (χ4n) is 2.01. The van der Waals surface area contributed by atoms with Crippen LogP contribution in [0, 0.1) is 0 Å². The Bertz CT molecular complexity index is 692. The molecule has 3 rings (SSSR count). The minimum absolute atomic E-state index is 0.374. The molecule has 0 bridgehead atoms. The van der Waals surface area contributed by atoms with Gasteiger partial charge in [-0.1, -0.05) is 37.3 Å². The first-order valence-electron chi connectivity index (χ1n) is 6.82. The first kappa shape index (κ1) is 13.4. The van der Waals surface area contributed by atoms with E-state index in [4.69, 9.17) is 0 Å². The number of aliphatic hydroxyl groups is 1. The molecule has 108 valence electrons. The number of aromatic nitrogens is 6. The number of aromatic amines is 1. The predicted octanol–water partition coefficient (Wildman–Crippen LogP) is 1.50. The second-order valence-corrected chi connectivity index (χ2v) is 4.72. The van der Waals surface area contributed by atoms with E-state index in [1.807, 2.05) is 37.3 Å². The van der Waals surface area contributed by atoms with Crippen LogP contribution in [0.15, 0.2) is 36.5 Å². The number of H-pyrrole nitrogens is 1. The minimum atomic E-state index is -0.471. The van der Waals surface area contributed by atoms with Gasteiger partial charge in [-0.15, -0.1) is 0 Å². The van der Waals surface area contributed by atoms with Crippen molar-refractivity contribution in [2.24, 2.45) is 0 Å². The van der Waals surface area contributed by atoms with Crippen LogP contribution in [0.4, 0.5) is 0 Å². The minimum Gasteiger partial charge on any atom is -0.391 e. The summed E-state index contributed by atoms with van der Waals surface area (Å²) in [6.45, 7) is 2.30. The Kier molecular flexibility index (Phi) is 3.74. The van der Waals surface area contributed by atoms with Gasteiger partial charge in [0.15, 0.2) is 11.6 Å². The highest BCUT2D eigenvalue weighted by Crippen LogP contribution is 2.20.